The van der Waals surface area contributed by atoms with Crippen molar-refractivity contribution in [1.82, 2.24) is 19.3 Å². The molecule has 0 amide bonds. The van der Waals surface area contributed by atoms with Crippen LogP contribution in [0.2, 0.25) is 0 Å². The Labute approximate surface area is 113 Å². The van der Waals surface area contributed by atoms with Crippen molar-refractivity contribution in [2.24, 2.45) is 0 Å². The quantitative estimate of drug-likeness (QED) is 0.871. The Morgan fingerprint density at radius 1 is 1.50 bits per heavy atom. The van der Waals surface area contributed by atoms with Crippen LogP contribution in [0, 0.1) is 6.92 Å². The Morgan fingerprint density at radius 2 is 2.28 bits per heavy atom. The average Bonchev–Trinajstić information content (AvgIpc) is 2.75. The van der Waals surface area contributed by atoms with Crippen LogP contribution in [0.4, 0.5) is 0 Å². The summed E-state index contributed by atoms with van der Waals surface area (Å²) in [5.74, 6) is 1.54. The second-order valence-corrected chi connectivity index (χ2v) is 6.20. The highest BCUT2D eigenvalue weighted by atomic mass is 32.2. The summed E-state index contributed by atoms with van der Waals surface area (Å²) in [7, 11) is 0. The summed E-state index contributed by atoms with van der Waals surface area (Å²) >= 11 is 2.95. The number of nitrogens with zero attached hydrogens (tertiary/aromatic N) is 3. The number of rotatable bonds is 4. The molecule has 2 heterocycles. The van der Waals surface area contributed by atoms with E-state index in [1.54, 1.807) is 11.8 Å². The molecular weight excluding hydrogens is 268 g/mol. The van der Waals surface area contributed by atoms with Crippen LogP contribution in [-0.4, -0.2) is 19.3 Å². The first kappa shape index (κ1) is 13.2. The van der Waals surface area contributed by atoms with Gasteiger partial charge in [0.2, 0.25) is 0 Å². The molecule has 2 aromatic heterocycles. The number of thioether (sulfide) groups is 1. The Balaban J connectivity index is 2.16. The van der Waals surface area contributed by atoms with Gasteiger partial charge in [0.05, 0.1) is 5.25 Å². The van der Waals surface area contributed by atoms with Crippen LogP contribution in [0.25, 0.3) is 0 Å². The smallest absolute Gasteiger partial charge is 0.251 e. The molecule has 0 bridgehead atoms. The van der Waals surface area contributed by atoms with Gasteiger partial charge in [0, 0.05) is 18.2 Å². The predicted molar refractivity (Wildman–Crippen MR) is 73.2 cm³/mol. The lowest BCUT2D eigenvalue weighted by Gasteiger charge is -2.08. The highest BCUT2D eigenvalue weighted by Gasteiger charge is 2.13. The standard InChI is InChI=1S/C11H14N4OS2/c1-4-8-13-11(18-15-8)17-7(3)10-12-6(2)5-9(16)14-10/h5,7H,4H2,1-3H3,(H,12,14,16). The fraction of sp³-hybridized carbons (Fsp3) is 0.455. The van der Waals surface area contributed by atoms with Crippen molar-refractivity contribution in [3.63, 3.8) is 0 Å². The Hall–Kier alpha value is -1.21. The number of H-pyrrole nitrogens is 1. The molecule has 2 aromatic rings. The second kappa shape index (κ2) is 5.62. The minimum atomic E-state index is -0.114. The first-order valence-corrected chi connectivity index (χ1v) is 7.31. The van der Waals surface area contributed by atoms with Crippen molar-refractivity contribution in [1.29, 1.82) is 0 Å². The Morgan fingerprint density at radius 3 is 2.89 bits per heavy atom. The van der Waals surface area contributed by atoms with E-state index in [1.807, 2.05) is 20.8 Å². The van der Waals surface area contributed by atoms with Crippen LogP contribution in [-0.2, 0) is 6.42 Å². The fourth-order valence-electron chi connectivity index (χ4n) is 1.43. The third-order valence-corrected chi connectivity index (χ3v) is 4.25. The molecule has 0 aliphatic carbocycles. The van der Waals surface area contributed by atoms with E-state index in [4.69, 9.17) is 0 Å². The molecule has 18 heavy (non-hydrogen) atoms. The van der Waals surface area contributed by atoms with E-state index >= 15 is 0 Å². The third-order valence-electron chi connectivity index (χ3n) is 2.32. The van der Waals surface area contributed by atoms with Gasteiger partial charge in [0.1, 0.15) is 11.6 Å². The molecule has 0 radical (unpaired) electrons. The van der Waals surface area contributed by atoms with Crippen molar-refractivity contribution in [2.75, 3.05) is 0 Å². The lowest BCUT2D eigenvalue weighted by Crippen LogP contribution is -2.12. The van der Waals surface area contributed by atoms with Gasteiger partial charge in [-0.1, -0.05) is 18.7 Å². The fourth-order valence-corrected chi connectivity index (χ4v) is 3.33. The molecule has 1 N–H and O–H groups in total. The molecule has 0 saturated carbocycles. The first-order chi connectivity index (χ1) is 8.58. The van der Waals surface area contributed by atoms with Gasteiger partial charge in [-0.25, -0.2) is 9.97 Å². The van der Waals surface area contributed by atoms with E-state index in [0.717, 1.165) is 22.3 Å². The molecule has 1 atom stereocenters. The summed E-state index contributed by atoms with van der Waals surface area (Å²) in [6.45, 7) is 5.84. The van der Waals surface area contributed by atoms with E-state index in [0.29, 0.717) is 5.82 Å². The van der Waals surface area contributed by atoms with Crippen LogP contribution in [0.15, 0.2) is 15.2 Å². The Bertz CT molecular complexity index is 593. The maximum Gasteiger partial charge on any atom is 0.251 e. The third kappa shape index (κ3) is 3.17. The highest BCUT2D eigenvalue weighted by molar-refractivity contribution is 8.01. The van der Waals surface area contributed by atoms with Crippen LogP contribution in [0.1, 0.15) is 36.4 Å². The number of hydrogen-bond donors (Lipinski definition) is 1. The van der Waals surface area contributed by atoms with E-state index in [-0.39, 0.29) is 10.8 Å². The minimum absolute atomic E-state index is 0.0512. The van der Waals surface area contributed by atoms with E-state index < -0.39 is 0 Å². The molecule has 1 unspecified atom stereocenters. The second-order valence-electron chi connectivity index (χ2n) is 3.86. The summed E-state index contributed by atoms with van der Waals surface area (Å²) < 4.78 is 5.14. The minimum Gasteiger partial charge on any atom is -0.310 e. The molecule has 7 heteroatoms. The van der Waals surface area contributed by atoms with Gasteiger partial charge in [0.15, 0.2) is 4.34 Å². The van der Waals surface area contributed by atoms with Crippen molar-refractivity contribution in [2.45, 2.75) is 36.8 Å². The normalized spacial score (nSPS) is 12.6. The van der Waals surface area contributed by atoms with Crippen molar-refractivity contribution < 1.29 is 0 Å². The van der Waals surface area contributed by atoms with Gasteiger partial charge in [-0.3, -0.25) is 4.79 Å². The van der Waals surface area contributed by atoms with Crippen LogP contribution in [0.5, 0.6) is 0 Å². The van der Waals surface area contributed by atoms with Crippen molar-refractivity contribution >= 4 is 23.3 Å². The van der Waals surface area contributed by atoms with Gasteiger partial charge in [-0.15, -0.1) is 0 Å². The van der Waals surface area contributed by atoms with Gasteiger partial charge in [0.25, 0.3) is 5.56 Å². The van der Waals surface area contributed by atoms with Crippen molar-refractivity contribution in [3.05, 3.63) is 33.8 Å². The summed E-state index contributed by atoms with van der Waals surface area (Å²) in [6.07, 6.45) is 0.838. The van der Waals surface area contributed by atoms with Gasteiger partial charge in [-0.05, 0) is 25.4 Å². The summed E-state index contributed by atoms with van der Waals surface area (Å²) in [5.41, 5.74) is 0.615. The highest BCUT2D eigenvalue weighted by Crippen LogP contribution is 2.33. The number of nitrogens with one attached hydrogen (secondary N) is 1. The predicted octanol–water partition coefficient (Wildman–Crippen LogP) is 2.35. The van der Waals surface area contributed by atoms with Crippen LogP contribution < -0.4 is 5.56 Å². The van der Waals surface area contributed by atoms with Gasteiger partial charge in [-0.2, -0.15) is 4.37 Å². The zero-order chi connectivity index (χ0) is 13.1. The lowest BCUT2D eigenvalue weighted by molar-refractivity contribution is 0.880. The van der Waals surface area contributed by atoms with Crippen LogP contribution >= 0.6 is 23.3 Å². The molecule has 0 spiro atoms. The zero-order valence-electron chi connectivity index (χ0n) is 10.4. The topological polar surface area (TPSA) is 71.5 Å². The van der Waals surface area contributed by atoms with Crippen LogP contribution in [0.3, 0.4) is 0 Å². The lowest BCUT2D eigenvalue weighted by atomic mass is 10.4. The SMILES string of the molecule is CCc1nsc(SC(C)c2nc(C)cc(=O)[nH]2)n1. The summed E-state index contributed by atoms with van der Waals surface area (Å²) in [5, 5.41) is 0.0512. The zero-order valence-corrected chi connectivity index (χ0v) is 12.1. The number of aryl methyl sites for hydroxylation is 2. The van der Waals surface area contributed by atoms with E-state index in [1.165, 1.54) is 17.6 Å². The Kier molecular flexibility index (Phi) is 4.13. The number of hydrogen-bond acceptors (Lipinski definition) is 6. The monoisotopic (exact) mass is 282 g/mol. The maximum atomic E-state index is 11.4. The average molecular weight is 282 g/mol. The molecule has 96 valence electrons. The molecule has 2 rings (SSSR count). The summed E-state index contributed by atoms with van der Waals surface area (Å²) in [4.78, 5) is 22.9. The number of aromatic nitrogens is 4. The van der Waals surface area contributed by atoms with E-state index in [2.05, 4.69) is 19.3 Å². The molecule has 0 fully saturated rings. The molecule has 5 nitrogen and oxygen atoms in total. The summed E-state index contributed by atoms with van der Waals surface area (Å²) in [6, 6.07) is 1.49. The molecule has 0 aliphatic rings. The van der Waals surface area contributed by atoms with E-state index in [9.17, 15) is 4.79 Å². The molecule has 0 saturated heterocycles. The number of aromatic amines is 1. The molecular formula is C11H14N4OS2. The van der Waals surface area contributed by atoms with Gasteiger partial charge >= 0.3 is 0 Å². The molecule has 0 aromatic carbocycles. The molecule has 0 aliphatic heterocycles. The maximum absolute atomic E-state index is 11.4. The first-order valence-electron chi connectivity index (χ1n) is 5.65. The van der Waals surface area contributed by atoms with Crippen molar-refractivity contribution in [3.8, 4) is 0 Å². The van der Waals surface area contributed by atoms with Gasteiger partial charge < -0.3 is 4.98 Å². The largest absolute Gasteiger partial charge is 0.310 e.